The van der Waals surface area contributed by atoms with Gasteiger partial charge in [-0.3, -0.25) is 4.79 Å². The molecule has 0 saturated carbocycles. The van der Waals surface area contributed by atoms with Crippen LogP contribution in [-0.4, -0.2) is 23.3 Å². The van der Waals surface area contributed by atoms with Gasteiger partial charge in [-0.1, -0.05) is 0 Å². The minimum Gasteiger partial charge on any atom is -0.458 e. The number of primary amides is 1. The third-order valence-corrected chi connectivity index (χ3v) is 7.42. The third kappa shape index (κ3) is 6.57. The highest BCUT2D eigenvalue weighted by Gasteiger charge is 2.23. The van der Waals surface area contributed by atoms with Crippen molar-refractivity contribution in [2.75, 3.05) is 0 Å². The lowest BCUT2D eigenvalue weighted by molar-refractivity contribution is -0.117. The molecule has 0 atom stereocenters. The molecule has 0 aromatic carbocycles. The van der Waals surface area contributed by atoms with E-state index in [1.807, 2.05) is 0 Å². The number of hydrogen-bond acceptors (Lipinski definition) is 2. The lowest BCUT2D eigenvalue weighted by Gasteiger charge is -2.24. The fourth-order valence-electron chi connectivity index (χ4n) is 1.12. The number of hydrogen-bond donors (Lipinski definition) is 1. The highest BCUT2D eigenvalue weighted by atomic mass is 28.4. The molecule has 0 spiro atoms. The van der Waals surface area contributed by atoms with E-state index in [-0.39, 0.29) is 5.91 Å². The minimum atomic E-state index is -1.57. The summed E-state index contributed by atoms with van der Waals surface area (Å²) in [6.07, 6.45) is 0.473. The van der Waals surface area contributed by atoms with Crippen LogP contribution in [0, 0.1) is 0 Å². The van der Waals surface area contributed by atoms with Crippen LogP contribution in [0.5, 0.6) is 0 Å². The molecule has 3 nitrogen and oxygen atoms in total. The maximum Gasteiger partial charge on any atom is 0.217 e. The predicted octanol–water partition coefficient (Wildman–Crippen LogP) is 1.07. The first-order valence-electron chi connectivity index (χ1n) is 4.29. The van der Waals surface area contributed by atoms with Gasteiger partial charge in [-0.25, -0.2) is 0 Å². The van der Waals surface area contributed by atoms with E-state index in [0.29, 0.717) is 6.42 Å². The SMILES string of the molecule is C[SiH](C)O[Si](C)(C)CCC(N)=O. The summed E-state index contributed by atoms with van der Waals surface area (Å²) < 4.78 is 5.86. The molecule has 72 valence electrons. The molecule has 0 fully saturated rings. The molecule has 0 aliphatic rings. The molecule has 12 heavy (non-hydrogen) atoms. The number of amides is 1. The Hall–Kier alpha value is -0.136. The molecule has 5 heteroatoms. The second-order valence-corrected chi connectivity index (χ2v) is 11.0. The Labute approximate surface area is 77.1 Å². The van der Waals surface area contributed by atoms with Gasteiger partial charge in [0.15, 0.2) is 17.4 Å². The minimum absolute atomic E-state index is 0.218. The van der Waals surface area contributed by atoms with Crippen molar-refractivity contribution in [3.8, 4) is 0 Å². The van der Waals surface area contributed by atoms with E-state index < -0.39 is 17.4 Å². The Morgan fingerprint density at radius 1 is 1.50 bits per heavy atom. The van der Waals surface area contributed by atoms with Crippen molar-refractivity contribution >= 4 is 23.3 Å². The second kappa shape index (κ2) is 4.78. The van der Waals surface area contributed by atoms with Crippen LogP contribution in [0.15, 0.2) is 0 Å². The maximum atomic E-state index is 10.5. The Morgan fingerprint density at radius 3 is 2.33 bits per heavy atom. The van der Waals surface area contributed by atoms with Gasteiger partial charge in [-0.2, -0.15) is 0 Å². The second-order valence-electron chi connectivity index (χ2n) is 3.89. The molecule has 0 radical (unpaired) electrons. The number of carbonyl (C=O) groups excluding carboxylic acids is 1. The Kier molecular flexibility index (Phi) is 4.73. The van der Waals surface area contributed by atoms with Crippen LogP contribution in [-0.2, 0) is 8.91 Å². The van der Waals surface area contributed by atoms with Crippen LogP contribution in [0.3, 0.4) is 0 Å². The van der Waals surface area contributed by atoms with Crippen LogP contribution >= 0.6 is 0 Å². The van der Waals surface area contributed by atoms with Crippen molar-refractivity contribution in [3.63, 3.8) is 0 Å². The van der Waals surface area contributed by atoms with E-state index >= 15 is 0 Å². The molecule has 1 amide bonds. The average Bonchev–Trinajstić information content (AvgIpc) is 1.81. The summed E-state index contributed by atoms with van der Waals surface area (Å²) in [5.41, 5.74) is 5.07. The summed E-state index contributed by atoms with van der Waals surface area (Å²) in [7, 11) is -2.52. The van der Waals surface area contributed by atoms with Gasteiger partial charge < -0.3 is 9.85 Å². The van der Waals surface area contributed by atoms with E-state index in [4.69, 9.17) is 9.85 Å². The van der Waals surface area contributed by atoms with Crippen molar-refractivity contribution in [3.05, 3.63) is 0 Å². The molecule has 0 bridgehead atoms. The smallest absolute Gasteiger partial charge is 0.217 e. The largest absolute Gasteiger partial charge is 0.458 e. The van der Waals surface area contributed by atoms with Gasteiger partial charge in [-0.15, -0.1) is 0 Å². The van der Waals surface area contributed by atoms with Gasteiger partial charge in [-0.05, 0) is 32.2 Å². The first kappa shape index (κ1) is 11.9. The van der Waals surface area contributed by atoms with Crippen molar-refractivity contribution in [1.82, 2.24) is 0 Å². The van der Waals surface area contributed by atoms with Gasteiger partial charge in [0.1, 0.15) is 0 Å². The summed E-state index contributed by atoms with van der Waals surface area (Å²) in [5, 5.41) is 0. The number of carbonyl (C=O) groups is 1. The molecule has 0 saturated heterocycles. The molecule has 2 N–H and O–H groups in total. The highest BCUT2D eigenvalue weighted by Crippen LogP contribution is 2.14. The molecule has 0 unspecified atom stereocenters. The zero-order valence-corrected chi connectivity index (χ0v) is 10.5. The third-order valence-electron chi connectivity index (χ3n) is 1.53. The summed E-state index contributed by atoms with van der Waals surface area (Å²) in [6, 6.07) is 0.855. The van der Waals surface area contributed by atoms with Gasteiger partial charge in [0.2, 0.25) is 5.91 Å². The van der Waals surface area contributed by atoms with Crippen molar-refractivity contribution in [2.24, 2.45) is 5.73 Å². The first-order chi connectivity index (χ1) is 5.33. The summed E-state index contributed by atoms with van der Waals surface area (Å²) in [6.45, 7) is 8.59. The van der Waals surface area contributed by atoms with Gasteiger partial charge in [0, 0.05) is 6.42 Å². The number of nitrogens with two attached hydrogens (primary N) is 1. The lowest BCUT2D eigenvalue weighted by Crippen LogP contribution is -2.36. The fraction of sp³-hybridized carbons (Fsp3) is 0.857. The van der Waals surface area contributed by atoms with Crippen molar-refractivity contribution < 1.29 is 8.91 Å². The average molecular weight is 205 g/mol. The van der Waals surface area contributed by atoms with E-state index in [1.165, 1.54) is 0 Å². The van der Waals surface area contributed by atoms with Crippen LogP contribution in [0.25, 0.3) is 0 Å². The monoisotopic (exact) mass is 205 g/mol. The van der Waals surface area contributed by atoms with Crippen molar-refractivity contribution in [1.29, 1.82) is 0 Å². The highest BCUT2D eigenvalue weighted by molar-refractivity contribution is 6.77. The molecule has 0 aliphatic heterocycles. The van der Waals surface area contributed by atoms with E-state index in [0.717, 1.165) is 6.04 Å². The topological polar surface area (TPSA) is 52.3 Å². The van der Waals surface area contributed by atoms with Gasteiger partial charge in [0.05, 0.1) is 0 Å². The lowest BCUT2D eigenvalue weighted by atomic mass is 10.5. The summed E-state index contributed by atoms with van der Waals surface area (Å²) >= 11 is 0. The number of rotatable bonds is 5. The van der Waals surface area contributed by atoms with Crippen LogP contribution < -0.4 is 5.73 Å². The fourth-order valence-corrected chi connectivity index (χ4v) is 7.55. The molecule has 0 aromatic rings. The summed E-state index contributed by atoms with van der Waals surface area (Å²) in [5.74, 6) is -0.218. The molecular weight excluding hydrogens is 186 g/mol. The molecule has 0 aliphatic carbocycles. The van der Waals surface area contributed by atoms with Crippen molar-refractivity contribution in [2.45, 2.75) is 38.7 Å². The van der Waals surface area contributed by atoms with E-state index in [1.54, 1.807) is 0 Å². The van der Waals surface area contributed by atoms with Gasteiger partial charge in [0.25, 0.3) is 0 Å². The Bertz CT molecular complexity index is 159. The van der Waals surface area contributed by atoms with Crippen LogP contribution in [0.4, 0.5) is 0 Å². The first-order valence-corrected chi connectivity index (χ1v) is 10.2. The molecule has 0 rings (SSSR count). The Morgan fingerprint density at radius 2 is 2.00 bits per heavy atom. The predicted molar refractivity (Wildman–Crippen MR) is 56.1 cm³/mol. The molecule has 0 aromatic heterocycles. The zero-order valence-electron chi connectivity index (χ0n) is 8.39. The van der Waals surface area contributed by atoms with E-state index in [2.05, 4.69) is 26.2 Å². The quantitative estimate of drug-likeness (QED) is 0.683. The molecule has 0 heterocycles. The Balaban J connectivity index is 3.78. The maximum absolute atomic E-state index is 10.5. The summed E-state index contributed by atoms with van der Waals surface area (Å²) in [4.78, 5) is 10.5. The van der Waals surface area contributed by atoms with Gasteiger partial charge >= 0.3 is 0 Å². The normalized spacial score (nSPS) is 12.1. The molecular formula is C7H19NO2Si2. The van der Waals surface area contributed by atoms with E-state index in [9.17, 15) is 4.79 Å². The standard InChI is InChI=1S/C7H19NO2Si2/c1-11(2)10-12(3,4)6-5-7(8)9/h11H,5-6H2,1-4H3,(H2,8,9). The zero-order chi connectivity index (χ0) is 9.78. The van der Waals surface area contributed by atoms with Crippen LogP contribution in [0.1, 0.15) is 6.42 Å². The van der Waals surface area contributed by atoms with Crippen LogP contribution in [0.2, 0.25) is 32.2 Å².